The minimum absolute atomic E-state index is 0.0899. The van der Waals surface area contributed by atoms with Gasteiger partial charge in [0.25, 0.3) is 0 Å². The lowest BCUT2D eigenvalue weighted by atomic mass is 9.90. The molecular weight excluding hydrogens is 240 g/mol. The number of carbonyl (C=O) groups is 1. The van der Waals surface area contributed by atoms with Crippen LogP contribution in [-0.4, -0.2) is 25.6 Å². The highest BCUT2D eigenvalue weighted by Crippen LogP contribution is 2.33. The highest BCUT2D eigenvalue weighted by Gasteiger charge is 2.26. The van der Waals surface area contributed by atoms with E-state index in [-0.39, 0.29) is 5.91 Å². The van der Waals surface area contributed by atoms with Crippen molar-refractivity contribution in [3.05, 3.63) is 23.8 Å². The molecule has 0 bridgehead atoms. The maximum atomic E-state index is 11.8. The highest BCUT2D eigenvalue weighted by atomic mass is 16.5. The average molecular weight is 262 g/mol. The number of benzene rings is 1. The number of ether oxygens (including phenoxy) is 1. The molecule has 1 aromatic carbocycles. The van der Waals surface area contributed by atoms with Crippen LogP contribution in [0.2, 0.25) is 0 Å². The van der Waals surface area contributed by atoms with Gasteiger partial charge in [-0.1, -0.05) is 0 Å². The Labute approximate surface area is 114 Å². The fraction of sp³-hybridized carbons (Fsp3) is 0.533. The van der Waals surface area contributed by atoms with E-state index in [0.29, 0.717) is 19.1 Å². The van der Waals surface area contributed by atoms with Crippen LogP contribution in [0.25, 0.3) is 0 Å². The number of amides is 1. The van der Waals surface area contributed by atoms with Gasteiger partial charge in [-0.05, 0) is 56.0 Å². The van der Waals surface area contributed by atoms with E-state index in [1.54, 1.807) is 6.92 Å². The monoisotopic (exact) mass is 262 g/mol. The Kier molecular flexibility index (Phi) is 4.43. The summed E-state index contributed by atoms with van der Waals surface area (Å²) in [5, 5.41) is 0. The van der Waals surface area contributed by atoms with Crippen molar-refractivity contribution in [3.8, 4) is 5.75 Å². The summed E-state index contributed by atoms with van der Waals surface area (Å²) in [6.45, 7) is 5.68. The first kappa shape index (κ1) is 13.9. The van der Waals surface area contributed by atoms with E-state index in [0.717, 1.165) is 30.8 Å². The molecule has 1 amide bonds. The maximum Gasteiger partial charge on any atom is 0.223 e. The molecule has 0 saturated heterocycles. The smallest absolute Gasteiger partial charge is 0.223 e. The summed E-state index contributed by atoms with van der Waals surface area (Å²) in [5.74, 6) is 1.41. The first-order chi connectivity index (χ1) is 9.15. The van der Waals surface area contributed by atoms with Gasteiger partial charge >= 0.3 is 0 Å². The molecule has 2 N–H and O–H groups in total. The summed E-state index contributed by atoms with van der Waals surface area (Å²) in [7, 11) is 0. The van der Waals surface area contributed by atoms with Gasteiger partial charge in [0.15, 0.2) is 0 Å². The van der Waals surface area contributed by atoms with Crippen molar-refractivity contribution >= 4 is 11.6 Å². The topological polar surface area (TPSA) is 55.6 Å². The molecule has 0 fully saturated rings. The minimum atomic E-state index is 0.0899. The molecule has 4 heteroatoms. The Morgan fingerprint density at radius 1 is 1.53 bits per heavy atom. The number of rotatable bonds is 4. The average Bonchev–Trinajstić information content (AvgIpc) is 2.38. The van der Waals surface area contributed by atoms with Gasteiger partial charge in [0.1, 0.15) is 5.75 Å². The molecule has 1 aliphatic heterocycles. The number of nitrogens with zero attached hydrogens (tertiary/aromatic N) is 1. The Hall–Kier alpha value is -1.55. The molecule has 0 radical (unpaired) electrons. The van der Waals surface area contributed by atoms with E-state index >= 15 is 0 Å². The third kappa shape index (κ3) is 3.07. The summed E-state index contributed by atoms with van der Waals surface area (Å²) in [6.07, 6.45) is 1.92. The van der Waals surface area contributed by atoms with Crippen LogP contribution in [0.3, 0.4) is 0 Å². The second-order valence-corrected chi connectivity index (χ2v) is 5.00. The summed E-state index contributed by atoms with van der Waals surface area (Å²) in [4.78, 5) is 13.6. The molecule has 1 aliphatic rings. The first-order valence-corrected chi connectivity index (χ1v) is 6.89. The normalized spacial score (nSPS) is 18.1. The summed E-state index contributed by atoms with van der Waals surface area (Å²) in [5.41, 5.74) is 7.85. The van der Waals surface area contributed by atoms with Gasteiger partial charge in [0, 0.05) is 19.2 Å². The van der Waals surface area contributed by atoms with Crippen LogP contribution in [0.1, 0.15) is 25.8 Å². The molecule has 2 rings (SSSR count). The molecular formula is C15H22N2O2. The van der Waals surface area contributed by atoms with Crippen molar-refractivity contribution in [2.75, 3.05) is 24.6 Å². The van der Waals surface area contributed by atoms with Gasteiger partial charge in [-0.3, -0.25) is 4.79 Å². The number of hydrogen-bond donors (Lipinski definition) is 1. The SMILES string of the molecule is CCOc1ccc2c(c1)CC(CCN)CN2C(C)=O. The molecule has 0 aromatic heterocycles. The zero-order valence-electron chi connectivity index (χ0n) is 11.7. The Bertz CT molecular complexity index is 459. The van der Waals surface area contributed by atoms with Crippen LogP contribution < -0.4 is 15.4 Å². The van der Waals surface area contributed by atoms with Crippen molar-refractivity contribution < 1.29 is 9.53 Å². The Morgan fingerprint density at radius 3 is 2.95 bits per heavy atom. The first-order valence-electron chi connectivity index (χ1n) is 6.89. The number of fused-ring (bicyclic) bond motifs is 1. The van der Waals surface area contributed by atoms with E-state index in [1.165, 1.54) is 5.56 Å². The molecule has 0 aliphatic carbocycles. The number of nitrogens with two attached hydrogens (primary N) is 1. The van der Waals surface area contributed by atoms with Crippen LogP contribution in [0, 0.1) is 5.92 Å². The van der Waals surface area contributed by atoms with E-state index in [4.69, 9.17) is 10.5 Å². The molecule has 19 heavy (non-hydrogen) atoms. The zero-order valence-corrected chi connectivity index (χ0v) is 11.7. The van der Waals surface area contributed by atoms with Crippen molar-refractivity contribution in [2.45, 2.75) is 26.7 Å². The molecule has 104 valence electrons. The zero-order chi connectivity index (χ0) is 13.8. The molecule has 0 spiro atoms. The van der Waals surface area contributed by atoms with Crippen LogP contribution in [0.15, 0.2) is 18.2 Å². The molecule has 4 nitrogen and oxygen atoms in total. The second kappa shape index (κ2) is 6.06. The van der Waals surface area contributed by atoms with Crippen molar-refractivity contribution in [3.63, 3.8) is 0 Å². The summed E-state index contributed by atoms with van der Waals surface area (Å²) in [6, 6.07) is 5.97. The van der Waals surface area contributed by atoms with Crippen LogP contribution in [0.4, 0.5) is 5.69 Å². The second-order valence-electron chi connectivity index (χ2n) is 5.00. The standard InChI is InChI=1S/C15H22N2O2/c1-3-19-14-4-5-15-13(9-14)8-12(6-7-16)10-17(15)11(2)18/h4-5,9,12H,3,6-8,10,16H2,1-2H3. The number of hydrogen-bond acceptors (Lipinski definition) is 3. The molecule has 1 aromatic rings. The number of anilines is 1. The largest absolute Gasteiger partial charge is 0.494 e. The van der Waals surface area contributed by atoms with E-state index in [1.807, 2.05) is 24.0 Å². The van der Waals surface area contributed by atoms with Crippen LogP contribution in [0.5, 0.6) is 5.75 Å². The fourth-order valence-corrected chi connectivity index (χ4v) is 2.70. The molecule has 1 heterocycles. The molecule has 1 unspecified atom stereocenters. The van der Waals surface area contributed by atoms with Gasteiger partial charge in [-0.25, -0.2) is 0 Å². The quantitative estimate of drug-likeness (QED) is 0.902. The minimum Gasteiger partial charge on any atom is -0.494 e. The Balaban J connectivity index is 2.31. The predicted molar refractivity (Wildman–Crippen MR) is 76.5 cm³/mol. The summed E-state index contributed by atoms with van der Waals surface area (Å²) < 4.78 is 5.53. The van der Waals surface area contributed by atoms with Gasteiger partial charge < -0.3 is 15.4 Å². The van der Waals surface area contributed by atoms with Crippen LogP contribution in [-0.2, 0) is 11.2 Å². The van der Waals surface area contributed by atoms with Crippen molar-refractivity contribution in [2.24, 2.45) is 11.7 Å². The third-order valence-electron chi connectivity index (χ3n) is 3.56. The lowest BCUT2D eigenvalue weighted by Crippen LogP contribution is -2.39. The van der Waals surface area contributed by atoms with Crippen molar-refractivity contribution in [1.82, 2.24) is 0 Å². The van der Waals surface area contributed by atoms with E-state index < -0.39 is 0 Å². The fourth-order valence-electron chi connectivity index (χ4n) is 2.70. The Morgan fingerprint density at radius 2 is 2.32 bits per heavy atom. The number of carbonyl (C=O) groups excluding carboxylic acids is 1. The lowest BCUT2D eigenvalue weighted by Gasteiger charge is -2.34. The van der Waals surface area contributed by atoms with E-state index in [2.05, 4.69) is 6.07 Å². The van der Waals surface area contributed by atoms with Gasteiger partial charge in [0.05, 0.1) is 6.61 Å². The van der Waals surface area contributed by atoms with Crippen molar-refractivity contribution in [1.29, 1.82) is 0 Å². The molecule has 0 saturated carbocycles. The van der Waals surface area contributed by atoms with Gasteiger partial charge in [0.2, 0.25) is 5.91 Å². The highest BCUT2D eigenvalue weighted by molar-refractivity contribution is 5.93. The van der Waals surface area contributed by atoms with Gasteiger partial charge in [-0.15, -0.1) is 0 Å². The predicted octanol–water partition coefficient (Wildman–Crippen LogP) is 1.96. The third-order valence-corrected chi connectivity index (χ3v) is 3.56. The lowest BCUT2D eigenvalue weighted by molar-refractivity contribution is -0.116. The summed E-state index contributed by atoms with van der Waals surface area (Å²) >= 11 is 0. The van der Waals surface area contributed by atoms with Crippen LogP contribution >= 0.6 is 0 Å². The van der Waals surface area contributed by atoms with E-state index in [9.17, 15) is 4.79 Å². The molecule has 1 atom stereocenters. The van der Waals surface area contributed by atoms with Gasteiger partial charge in [-0.2, -0.15) is 0 Å². The maximum absolute atomic E-state index is 11.8.